The Morgan fingerprint density at radius 1 is 0.875 bits per heavy atom. The maximum Gasteiger partial charge on any atom is 0.235 e. The fourth-order valence-electron chi connectivity index (χ4n) is 4.80. The summed E-state index contributed by atoms with van der Waals surface area (Å²) in [6, 6.07) is 8.20. The van der Waals surface area contributed by atoms with Crippen molar-refractivity contribution in [2.75, 3.05) is 7.05 Å². The van der Waals surface area contributed by atoms with Crippen LogP contribution in [0.1, 0.15) is 23.3 Å². The van der Waals surface area contributed by atoms with Crippen LogP contribution in [-0.2, 0) is 14.3 Å². The second kappa shape index (κ2) is 3.87. The molecule has 1 aromatic heterocycles. The molecule has 0 saturated carbocycles. The van der Waals surface area contributed by atoms with Crippen molar-refractivity contribution in [2.45, 2.75) is 12.2 Å². The van der Waals surface area contributed by atoms with Gasteiger partial charge in [0.1, 0.15) is 0 Å². The number of furan rings is 1. The SMILES string of the molecule is CN1C(=O)C2C(C1=O)[C@H]1O[C@@H]2c2c1ccc1c2ccc2cocc21. The molecule has 0 aliphatic carbocycles. The number of fused-ring (bicyclic) bond motifs is 12. The van der Waals surface area contributed by atoms with E-state index in [1.165, 1.54) is 4.90 Å². The van der Waals surface area contributed by atoms with E-state index in [0.717, 1.165) is 32.7 Å². The molecule has 5 heteroatoms. The molecule has 24 heavy (non-hydrogen) atoms. The van der Waals surface area contributed by atoms with Crippen molar-refractivity contribution < 1.29 is 18.7 Å². The predicted octanol–water partition coefficient (Wildman–Crippen LogP) is 2.94. The first-order chi connectivity index (χ1) is 11.7. The molecule has 0 radical (unpaired) electrons. The zero-order valence-electron chi connectivity index (χ0n) is 12.9. The van der Waals surface area contributed by atoms with Crippen molar-refractivity contribution in [3.8, 4) is 0 Å². The zero-order valence-corrected chi connectivity index (χ0v) is 12.9. The molecule has 5 nitrogen and oxygen atoms in total. The van der Waals surface area contributed by atoms with Gasteiger partial charge in [-0.1, -0.05) is 24.3 Å². The molecule has 0 spiro atoms. The van der Waals surface area contributed by atoms with Crippen LogP contribution >= 0.6 is 0 Å². The molecule has 2 unspecified atom stereocenters. The first-order valence-electron chi connectivity index (χ1n) is 8.05. The minimum absolute atomic E-state index is 0.117. The third kappa shape index (κ3) is 1.21. The van der Waals surface area contributed by atoms with Crippen LogP contribution in [0.3, 0.4) is 0 Å². The summed E-state index contributed by atoms with van der Waals surface area (Å²) in [6.45, 7) is 0. The third-order valence-corrected chi connectivity index (χ3v) is 5.89. The van der Waals surface area contributed by atoms with E-state index in [4.69, 9.17) is 9.15 Å². The Labute approximate surface area is 136 Å². The number of hydrogen-bond acceptors (Lipinski definition) is 4. The number of carbonyl (C=O) groups is 2. The van der Waals surface area contributed by atoms with E-state index in [1.807, 2.05) is 12.1 Å². The Hall–Kier alpha value is -2.66. The summed E-state index contributed by atoms with van der Waals surface area (Å²) < 4.78 is 11.4. The van der Waals surface area contributed by atoms with E-state index in [-0.39, 0.29) is 35.9 Å². The highest BCUT2D eigenvalue weighted by Gasteiger charge is 2.63. The topological polar surface area (TPSA) is 59.8 Å². The Morgan fingerprint density at radius 3 is 2.46 bits per heavy atom. The highest BCUT2D eigenvalue weighted by Crippen LogP contribution is 2.61. The number of hydrogen-bond donors (Lipinski definition) is 0. The number of amides is 2. The fraction of sp³-hybridized carbons (Fsp3) is 0.263. The van der Waals surface area contributed by atoms with Gasteiger partial charge in [-0.3, -0.25) is 14.5 Å². The van der Waals surface area contributed by atoms with Crippen LogP contribution in [0, 0.1) is 11.8 Å². The van der Waals surface area contributed by atoms with Gasteiger partial charge >= 0.3 is 0 Å². The van der Waals surface area contributed by atoms with Crippen molar-refractivity contribution in [1.29, 1.82) is 0 Å². The predicted molar refractivity (Wildman–Crippen MR) is 85.0 cm³/mol. The van der Waals surface area contributed by atoms with Gasteiger partial charge in [-0.2, -0.15) is 0 Å². The molecule has 2 fully saturated rings. The second-order valence-electron chi connectivity index (χ2n) is 6.87. The third-order valence-electron chi connectivity index (χ3n) is 5.89. The minimum Gasteiger partial charge on any atom is -0.471 e. The number of rotatable bonds is 0. The van der Waals surface area contributed by atoms with E-state index in [9.17, 15) is 9.59 Å². The molecule has 4 heterocycles. The molecular weight excluding hydrogens is 306 g/mol. The maximum atomic E-state index is 12.5. The lowest BCUT2D eigenvalue weighted by atomic mass is 9.75. The first-order valence-corrected chi connectivity index (χ1v) is 8.05. The summed E-state index contributed by atoms with van der Waals surface area (Å²) in [6.07, 6.45) is 2.85. The summed E-state index contributed by atoms with van der Waals surface area (Å²) in [5, 5.41) is 4.29. The number of carbonyl (C=O) groups excluding carboxylic acids is 2. The number of ether oxygens (including phenoxy) is 1. The molecule has 3 aliphatic heterocycles. The molecule has 0 N–H and O–H groups in total. The van der Waals surface area contributed by atoms with Gasteiger partial charge in [0.15, 0.2) is 0 Å². The Bertz CT molecular complexity index is 1080. The first kappa shape index (κ1) is 12.7. The molecule has 118 valence electrons. The van der Waals surface area contributed by atoms with E-state index in [0.29, 0.717) is 0 Å². The van der Waals surface area contributed by atoms with E-state index in [1.54, 1.807) is 19.6 Å². The molecule has 3 aliphatic rings. The van der Waals surface area contributed by atoms with E-state index < -0.39 is 0 Å². The van der Waals surface area contributed by atoms with Gasteiger partial charge in [-0.25, -0.2) is 0 Å². The molecule has 6 rings (SSSR count). The van der Waals surface area contributed by atoms with Crippen LogP contribution in [0.2, 0.25) is 0 Å². The smallest absolute Gasteiger partial charge is 0.235 e. The van der Waals surface area contributed by atoms with Crippen LogP contribution < -0.4 is 0 Å². The lowest BCUT2D eigenvalue weighted by molar-refractivity contribution is -0.141. The van der Waals surface area contributed by atoms with E-state index >= 15 is 0 Å². The number of likely N-dealkylation sites (tertiary alicyclic amines) is 1. The maximum absolute atomic E-state index is 12.5. The summed E-state index contributed by atoms with van der Waals surface area (Å²) in [5.74, 6) is -0.987. The number of imide groups is 1. The van der Waals surface area contributed by atoms with Crippen molar-refractivity contribution in [1.82, 2.24) is 4.90 Å². The monoisotopic (exact) mass is 319 g/mol. The van der Waals surface area contributed by atoms with Crippen LogP contribution in [-0.4, -0.2) is 23.8 Å². The van der Waals surface area contributed by atoms with Gasteiger partial charge in [0.2, 0.25) is 11.8 Å². The molecule has 3 aromatic rings. The standard InChI is InChI=1S/C19H13NO4/c1-20-18(21)14-15(19(20)22)17-13-10-3-2-8-6-23-7-12(8)9(10)4-5-11(13)16(14)24-17/h2-7,14-17H,1H3/t14?,15?,16-,17+/m0/s1. The minimum atomic E-state index is -0.384. The zero-order chi connectivity index (χ0) is 16.2. The molecular formula is C19H13NO4. The lowest BCUT2D eigenvalue weighted by Crippen LogP contribution is -2.28. The Balaban J connectivity index is 1.66. The van der Waals surface area contributed by atoms with Gasteiger partial charge < -0.3 is 9.15 Å². The lowest BCUT2D eigenvalue weighted by Gasteiger charge is -2.21. The molecule has 2 amide bonds. The number of nitrogens with zero attached hydrogens (tertiary/aromatic N) is 1. The van der Waals surface area contributed by atoms with Gasteiger partial charge in [-0.15, -0.1) is 0 Å². The summed E-state index contributed by atoms with van der Waals surface area (Å²) in [5.41, 5.74) is 2.12. The van der Waals surface area contributed by atoms with E-state index in [2.05, 4.69) is 12.1 Å². The fourth-order valence-corrected chi connectivity index (χ4v) is 4.80. The van der Waals surface area contributed by atoms with Crippen LogP contribution in [0.4, 0.5) is 0 Å². The van der Waals surface area contributed by atoms with Gasteiger partial charge in [0.25, 0.3) is 0 Å². The van der Waals surface area contributed by atoms with Crippen LogP contribution in [0.25, 0.3) is 21.5 Å². The normalized spacial score (nSPS) is 30.6. The van der Waals surface area contributed by atoms with Gasteiger partial charge in [0, 0.05) is 17.8 Å². The summed E-state index contributed by atoms with van der Waals surface area (Å²) in [7, 11) is 1.57. The highest BCUT2D eigenvalue weighted by molar-refractivity contribution is 6.10. The molecule has 2 bridgehead atoms. The quantitative estimate of drug-likeness (QED) is 0.598. The Kier molecular flexibility index (Phi) is 2.05. The summed E-state index contributed by atoms with van der Waals surface area (Å²) in [4.78, 5) is 26.2. The highest BCUT2D eigenvalue weighted by atomic mass is 16.5. The molecule has 2 aromatic carbocycles. The molecule has 4 atom stereocenters. The summed E-state index contributed by atoms with van der Waals surface area (Å²) >= 11 is 0. The average molecular weight is 319 g/mol. The van der Waals surface area contributed by atoms with Gasteiger partial charge in [0.05, 0.1) is 36.6 Å². The van der Waals surface area contributed by atoms with Crippen molar-refractivity contribution in [3.05, 3.63) is 47.9 Å². The van der Waals surface area contributed by atoms with Crippen LogP contribution in [0.5, 0.6) is 0 Å². The van der Waals surface area contributed by atoms with Crippen LogP contribution in [0.15, 0.2) is 41.2 Å². The largest absolute Gasteiger partial charge is 0.471 e. The van der Waals surface area contributed by atoms with Crippen molar-refractivity contribution >= 4 is 33.4 Å². The van der Waals surface area contributed by atoms with Crippen molar-refractivity contribution in [3.63, 3.8) is 0 Å². The average Bonchev–Trinajstić information content (AvgIpc) is 3.34. The Morgan fingerprint density at radius 2 is 1.62 bits per heavy atom. The van der Waals surface area contributed by atoms with Crippen molar-refractivity contribution in [2.24, 2.45) is 11.8 Å². The molecule has 2 saturated heterocycles. The van der Waals surface area contributed by atoms with Gasteiger partial charge in [-0.05, 0) is 21.9 Å². The number of benzene rings is 2. The second-order valence-corrected chi connectivity index (χ2v) is 6.87.